The molecule has 0 saturated heterocycles. The molecule has 0 fully saturated rings. The molecule has 0 aliphatic heterocycles. The Balaban J connectivity index is 1.84. The van der Waals surface area contributed by atoms with E-state index in [1.807, 2.05) is 62.4 Å². The van der Waals surface area contributed by atoms with Crippen LogP contribution in [0.3, 0.4) is 0 Å². The number of benzene rings is 2. The van der Waals surface area contributed by atoms with Crippen molar-refractivity contribution >= 4 is 10.9 Å². The summed E-state index contributed by atoms with van der Waals surface area (Å²) < 4.78 is 17.1. The molecule has 0 unspecified atom stereocenters. The van der Waals surface area contributed by atoms with Crippen molar-refractivity contribution in [2.75, 3.05) is 13.7 Å². The molecule has 1 aromatic heterocycles. The van der Waals surface area contributed by atoms with Crippen LogP contribution in [0.15, 0.2) is 60.7 Å². The summed E-state index contributed by atoms with van der Waals surface area (Å²) in [6.07, 6.45) is -0.0474. The summed E-state index contributed by atoms with van der Waals surface area (Å²) in [6, 6.07) is 19.9. The van der Waals surface area contributed by atoms with Crippen molar-refractivity contribution in [3.63, 3.8) is 0 Å². The lowest BCUT2D eigenvalue weighted by Crippen LogP contribution is -2.16. The molecule has 0 bridgehead atoms. The quantitative estimate of drug-likeness (QED) is 0.621. The van der Waals surface area contributed by atoms with E-state index in [9.17, 15) is 0 Å². The molecular formula is C21H23NO3. The molecular weight excluding hydrogens is 314 g/mol. The average molecular weight is 337 g/mol. The van der Waals surface area contributed by atoms with Crippen molar-refractivity contribution in [1.29, 1.82) is 0 Å². The van der Waals surface area contributed by atoms with Crippen LogP contribution in [-0.2, 0) is 4.74 Å². The predicted molar refractivity (Wildman–Crippen MR) is 99.2 cm³/mol. The van der Waals surface area contributed by atoms with Gasteiger partial charge in [-0.05, 0) is 31.5 Å². The third kappa shape index (κ3) is 4.28. The van der Waals surface area contributed by atoms with Gasteiger partial charge in [-0.25, -0.2) is 4.98 Å². The highest BCUT2D eigenvalue weighted by molar-refractivity contribution is 5.84. The second kappa shape index (κ2) is 7.99. The van der Waals surface area contributed by atoms with Gasteiger partial charge in [0, 0.05) is 18.6 Å². The highest BCUT2D eigenvalue weighted by Crippen LogP contribution is 2.29. The first-order valence-electron chi connectivity index (χ1n) is 8.44. The van der Waals surface area contributed by atoms with Gasteiger partial charge in [0.2, 0.25) is 5.88 Å². The molecule has 2 aromatic carbocycles. The van der Waals surface area contributed by atoms with E-state index < -0.39 is 0 Å². The fraction of sp³-hybridized carbons (Fsp3) is 0.286. The van der Waals surface area contributed by atoms with Crippen LogP contribution in [0.25, 0.3) is 10.9 Å². The Labute approximate surface area is 148 Å². The molecule has 0 radical (unpaired) electrons. The third-order valence-electron chi connectivity index (χ3n) is 4.10. The van der Waals surface area contributed by atoms with Gasteiger partial charge in [-0.2, -0.15) is 0 Å². The van der Waals surface area contributed by atoms with Gasteiger partial charge in [-0.15, -0.1) is 0 Å². The number of ether oxygens (including phenoxy) is 3. The summed E-state index contributed by atoms with van der Waals surface area (Å²) in [5, 5.41) is 1.02. The van der Waals surface area contributed by atoms with Crippen molar-refractivity contribution in [1.82, 2.24) is 4.98 Å². The average Bonchev–Trinajstić information content (AvgIpc) is 2.67. The Bertz CT molecular complexity index is 820. The molecule has 3 aromatic rings. The van der Waals surface area contributed by atoms with E-state index in [2.05, 4.69) is 17.1 Å². The first-order valence-corrected chi connectivity index (χ1v) is 8.44. The predicted octanol–water partition coefficient (Wildman–Crippen LogP) is 4.79. The standard InChI is InChI=1S/C21H23NO3/c1-15(23-3)14-24-20-13-12-18-10-7-11-19(21(18)22-20)25-16(2)17-8-5-4-6-9-17/h4-13,15-16H,14H2,1-3H3/t15-,16-/m0/s1. The van der Waals surface area contributed by atoms with Crippen molar-refractivity contribution in [2.24, 2.45) is 0 Å². The lowest BCUT2D eigenvalue weighted by atomic mass is 10.1. The fourth-order valence-corrected chi connectivity index (χ4v) is 2.53. The van der Waals surface area contributed by atoms with E-state index in [4.69, 9.17) is 14.2 Å². The molecule has 4 nitrogen and oxygen atoms in total. The van der Waals surface area contributed by atoms with Crippen LogP contribution in [0.1, 0.15) is 25.5 Å². The molecule has 1 heterocycles. The minimum Gasteiger partial charge on any atom is -0.484 e. The van der Waals surface area contributed by atoms with E-state index in [1.165, 1.54) is 0 Å². The van der Waals surface area contributed by atoms with Crippen LogP contribution in [0.4, 0.5) is 0 Å². The maximum atomic E-state index is 6.17. The van der Waals surface area contributed by atoms with Crippen LogP contribution < -0.4 is 9.47 Å². The lowest BCUT2D eigenvalue weighted by Gasteiger charge is -2.17. The van der Waals surface area contributed by atoms with Crippen LogP contribution in [0.5, 0.6) is 11.6 Å². The van der Waals surface area contributed by atoms with Crippen molar-refractivity contribution in [3.8, 4) is 11.6 Å². The number of hydrogen-bond acceptors (Lipinski definition) is 4. The van der Waals surface area contributed by atoms with Crippen LogP contribution in [0.2, 0.25) is 0 Å². The van der Waals surface area contributed by atoms with Gasteiger partial charge >= 0.3 is 0 Å². The molecule has 4 heteroatoms. The first kappa shape index (κ1) is 17.2. The molecule has 0 N–H and O–H groups in total. The highest BCUT2D eigenvalue weighted by atomic mass is 16.5. The Morgan fingerprint density at radius 3 is 2.48 bits per heavy atom. The lowest BCUT2D eigenvalue weighted by molar-refractivity contribution is 0.0700. The molecule has 0 aliphatic rings. The molecule has 0 spiro atoms. The molecule has 0 amide bonds. The Morgan fingerprint density at radius 1 is 0.920 bits per heavy atom. The summed E-state index contributed by atoms with van der Waals surface area (Å²) in [7, 11) is 1.67. The summed E-state index contributed by atoms with van der Waals surface area (Å²) in [4.78, 5) is 4.63. The van der Waals surface area contributed by atoms with Crippen molar-refractivity contribution < 1.29 is 14.2 Å². The zero-order valence-electron chi connectivity index (χ0n) is 14.8. The van der Waals surface area contributed by atoms with E-state index in [-0.39, 0.29) is 12.2 Å². The maximum absolute atomic E-state index is 6.17. The second-order valence-corrected chi connectivity index (χ2v) is 6.01. The van der Waals surface area contributed by atoms with Crippen LogP contribution in [0, 0.1) is 0 Å². The topological polar surface area (TPSA) is 40.6 Å². The van der Waals surface area contributed by atoms with Gasteiger partial charge < -0.3 is 14.2 Å². The molecule has 0 aliphatic carbocycles. The first-order chi connectivity index (χ1) is 12.2. The smallest absolute Gasteiger partial charge is 0.214 e. The second-order valence-electron chi connectivity index (χ2n) is 6.01. The monoisotopic (exact) mass is 337 g/mol. The zero-order chi connectivity index (χ0) is 17.6. The Hall–Kier alpha value is -2.59. The van der Waals surface area contributed by atoms with Gasteiger partial charge in [0.1, 0.15) is 24.0 Å². The Morgan fingerprint density at radius 2 is 1.72 bits per heavy atom. The van der Waals surface area contributed by atoms with Gasteiger partial charge in [-0.1, -0.05) is 42.5 Å². The number of pyridine rings is 1. The summed E-state index contributed by atoms with van der Waals surface area (Å²) in [5.74, 6) is 1.32. The number of rotatable bonds is 7. The maximum Gasteiger partial charge on any atom is 0.214 e. The number of hydrogen-bond donors (Lipinski definition) is 0. The van der Waals surface area contributed by atoms with Crippen LogP contribution in [-0.4, -0.2) is 24.8 Å². The zero-order valence-corrected chi connectivity index (χ0v) is 14.8. The SMILES string of the molecule is CO[C@@H](C)COc1ccc2cccc(O[C@@H](C)c3ccccc3)c2n1. The van der Waals surface area contributed by atoms with E-state index in [0.29, 0.717) is 12.5 Å². The highest BCUT2D eigenvalue weighted by Gasteiger charge is 2.11. The van der Waals surface area contributed by atoms with Gasteiger partial charge in [0.25, 0.3) is 0 Å². The van der Waals surface area contributed by atoms with Crippen molar-refractivity contribution in [2.45, 2.75) is 26.1 Å². The molecule has 130 valence electrons. The normalized spacial score (nSPS) is 13.4. The molecule has 25 heavy (non-hydrogen) atoms. The van der Waals surface area contributed by atoms with Gasteiger partial charge in [0.05, 0.1) is 6.10 Å². The summed E-state index contributed by atoms with van der Waals surface area (Å²) >= 11 is 0. The largest absolute Gasteiger partial charge is 0.484 e. The van der Waals surface area contributed by atoms with Gasteiger partial charge in [-0.3, -0.25) is 0 Å². The fourth-order valence-electron chi connectivity index (χ4n) is 2.53. The molecule has 0 saturated carbocycles. The minimum absolute atomic E-state index is 0.0158. The van der Waals surface area contributed by atoms with Crippen LogP contribution >= 0.6 is 0 Å². The number of fused-ring (bicyclic) bond motifs is 1. The van der Waals surface area contributed by atoms with E-state index in [1.54, 1.807) is 7.11 Å². The van der Waals surface area contributed by atoms with Gasteiger partial charge in [0.15, 0.2) is 0 Å². The number of aromatic nitrogens is 1. The van der Waals surface area contributed by atoms with E-state index in [0.717, 1.165) is 22.2 Å². The third-order valence-corrected chi connectivity index (χ3v) is 4.10. The van der Waals surface area contributed by atoms with E-state index >= 15 is 0 Å². The van der Waals surface area contributed by atoms with Crippen molar-refractivity contribution in [3.05, 3.63) is 66.2 Å². The molecule has 3 rings (SSSR count). The summed E-state index contributed by atoms with van der Waals surface area (Å²) in [5.41, 5.74) is 1.92. The summed E-state index contributed by atoms with van der Waals surface area (Å²) in [6.45, 7) is 4.45. The minimum atomic E-state index is -0.0633. The number of para-hydroxylation sites is 1. The number of methoxy groups -OCH3 is 1. The number of nitrogens with zero attached hydrogens (tertiary/aromatic N) is 1. The Kier molecular flexibility index (Phi) is 5.51. The molecule has 2 atom stereocenters.